The van der Waals surface area contributed by atoms with Crippen LogP contribution in [-0.2, 0) is 6.18 Å². The molecule has 4 nitrogen and oxygen atoms in total. The summed E-state index contributed by atoms with van der Waals surface area (Å²) in [6.07, 6.45) is -1.21. The van der Waals surface area contributed by atoms with Crippen molar-refractivity contribution in [3.05, 3.63) is 35.1 Å². The minimum Gasteiger partial charge on any atom is -0.354 e. The van der Waals surface area contributed by atoms with Crippen LogP contribution in [0.3, 0.4) is 0 Å². The van der Waals surface area contributed by atoms with E-state index in [1.165, 1.54) is 0 Å². The molecule has 0 amide bonds. The van der Waals surface area contributed by atoms with Crippen molar-refractivity contribution in [2.75, 3.05) is 5.32 Å². The van der Waals surface area contributed by atoms with E-state index in [-0.39, 0.29) is 11.2 Å². The Morgan fingerprint density at radius 1 is 1.22 bits per heavy atom. The lowest BCUT2D eigenvalue weighted by Crippen LogP contribution is -2.06. The van der Waals surface area contributed by atoms with Gasteiger partial charge in [-0.05, 0) is 24.6 Å². The van der Waals surface area contributed by atoms with Crippen molar-refractivity contribution in [1.82, 2.24) is 15.2 Å². The summed E-state index contributed by atoms with van der Waals surface area (Å²) in [6, 6.07) is 3.40. The van der Waals surface area contributed by atoms with Crippen LogP contribution in [0.4, 0.5) is 18.3 Å². The Morgan fingerprint density at radius 2 is 1.89 bits per heavy atom. The molecule has 0 radical (unpaired) electrons. The van der Waals surface area contributed by atoms with Crippen LogP contribution in [0.15, 0.2) is 24.5 Å². The third kappa shape index (κ3) is 2.95. The quantitative estimate of drug-likeness (QED) is 0.934. The first-order valence-corrected chi connectivity index (χ1v) is 5.85. The Bertz CT molecular complexity index is 511. The van der Waals surface area contributed by atoms with Gasteiger partial charge in [-0.25, -0.2) is 0 Å². The van der Waals surface area contributed by atoms with Crippen LogP contribution in [0, 0.1) is 0 Å². The smallest absolute Gasteiger partial charge is 0.354 e. The monoisotopic (exact) mass is 274 g/mol. The fraction of sp³-hybridized carbons (Fsp3) is 0.300. The molecule has 8 heteroatoms. The lowest BCUT2D eigenvalue weighted by molar-refractivity contribution is -0.138. The van der Waals surface area contributed by atoms with Crippen molar-refractivity contribution in [1.29, 1.82) is 0 Å². The summed E-state index contributed by atoms with van der Waals surface area (Å²) in [4.78, 5) is 3.87. The maximum Gasteiger partial charge on any atom is 0.445 e. The molecule has 2 aromatic heterocycles. The highest BCUT2D eigenvalue weighted by molar-refractivity contribution is 7.15. The Kier molecular flexibility index (Phi) is 3.46. The summed E-state index contributed by atoms with van der Waals surface area (Å²) >= 11 is 0.489. The summed E-state index contributed by atoms with van der Waals surface area (Å²) in [5.41, 5.74) is 0.911. The van der Waals surface area contributed by atoms with Gasteiger partial charge in [0.25, 0.3) is 0 Å². The van der Waals surface area contributed by atoms with Gasteiger partial charge in [0.1, 0.15) is 0 Å². The minimum atomic E-state index is -4.45. The number of nitrogens with zero attached hydrogens (tertiary/aromatic N) is 3. The third-order valence-electron chi connectivity index (χ3n) is 2.21. The number of alkyl halides is 3. The molecule has 0 spiro atoms. The SMILES string of the molecule is CC(Nc1nnc(C(F)(F)F)s1)c1ccncc1. The van der Waals surface area contributed by atoms with E-state index in [1.54, 1.807) is 24.5 Å². The summed E-state index contributed by atoms with van der Waals surface area (Å²) in [5.74, 6) is 0. The van der Waals surface area contributed by atoms with Crippen LogP contribution in [-0.4, -0.2) is 15.2 Å². The number of hydrogen-bond donors (Lipinski definition) is 1. The minimum absolute atomic E-state index is 0.145. The third-order valence-corrected chi connectivity index (χ3v) is 3.11. The van der Waals surface area contributed by atoms with Gasteiger partial charge < -0.3 is 5.32 Å². The highest BCUT2D eigenvalue weighted by Crippen LogP contribution is 2.33. The number of rotatable bonds is 3. The van der Waals surface area contributed by atoms with Crippen molar-refractivity contribution >= 4 is 16.5 Å². The van der Waals surface area contributed by atoms with E-state index in [1.807, 2.05) is 6.92 Å². The van der Waals surface area contributed by atoms with E-state index in [9.17, 15) is 13.2 Å². The maximum atomic E-state index is 12.3. The van der Waals surface area contributed by atoms with Crippen molar-refractivity contribution in [2.24, 2.45) is 0 Å². The highest BCUT2D eigenvalue weighted by Gasteiger charge is 2.35. The van der Waals surface area contributed by atoms with Gasteiger partial charge in [0.2, 0.25) is 10.1 Å². The molecular formula is C10H9F3N4S. The molecule has 0 aliphatic rings. The van der Waals surface area contributed by atoms with Crippen molar-refractivity contribution in [2.45, 2.75) is 19.1 Å². The predicted molar refractivity (Wildman–Crippen MR) is 61.2 cm³/mol. The second-order valence-corrected chi connectivity index (χ2v) is 4.53. The van der Waals surface area contributed by atoms with Crippen LogP contribution < -0.4 is 5.32 Å². The number of aromatic nitrogens is 3. The van der Waals surface area contributed by atoms with Gasteiger partial charge in [-0.3, -0.25) is 4.98 Å². The zero-order valence-electron chi connectivity index (χ0n) is 9.27. The molecule has 2 rings (SSSR count). The zero-order chi connectivity index (χ0) is 13.2. The topological polar surface area (TPSA) is 50.7 Å². The van der Waals surface area contributed by atoms with E-state index in [0.717, 1.165) is 5.56 Å². The molecule has 0 aromatic carbocycles. The number of nitrogens with one attached hydrogen (secondary N) is 1. The highest BCUT2D eigenvalue weighted by atomic mass is 32.1. The van der Waals surface area contributed by atoms with E-state index in [4.69, 9.17) is 0 Å². The predicted octanol–water partition coefficient (Wildman–Crippen LogP) is 3.13. The first kappa shape index (κ1) is 12.7. The molecular weight excluding hydrogens is 265 g/mol. The second-order valence-electron chi connectivity index (χ2n) is 3.56. The first-order valence-electron chi connectivity index (χ1n) is 5.04. The average molecular weight is 274 g/mol. The number of pyridine rings is 1. The normalized spacial score (nSPS) is 13.3. The maximum absolute atomic E-state index is 12.3. The molecule has 2 heterocycles. The van der Waals surface area contributed by atoms with E-state index < -0.39 is 11.2 Å². The molecule has 1 atom stereocenters. The van der Waals surface area contributed by atoms with Crippen LogP contribution in [0.1, 0.15) is 23.5 Å². The summed E-state index contributed by atoms with van der Waals surface area (Å²) < 4.78 is 37.0. The first-order chi connectivity index (χ1) is 8.47. The van der Waals surface area contributed by atoms with Gasteiger partial charge >= 0.3 is 6.18 Å². The zero-order valence-corrected chi connectivity index (χ0v) is 10.1. The van der Waals surface area contributed by atoms with E-state index >= 15 is 0 Å². The van der Waals surface area contributed by atoms with E-state index in [0.29, 0.717) is 11.3 Å². The molecule has 0 fully saturated rings. The Morgan fingerprint density at radius 3 is 2.44 bits per heavy atom. The fourth-order valence-electron chi connectivity index (χ4n) is 1.32. The molecule has 1 unspecified atom stereocenters. The fourth-order valence-corrected chi connectivity index (χ4v) is 2.01. The van der Waals surface area contributed by atoms with Gasteiger partial charge in [0.05, 0.1) is 6.04 Å². The van der Waals surface area contributed by atoms with Gasteiger partial charge in [0.15, 0.2) is 0 Å². The van der Waals surface area contributed by atoms with Gasteiger partial charge in [-0.2, -0.15) is 13.2 Å². The molecule has 0 saturated carbocycles. The van der Waals surface area contributed by atoms with Crippen LogP contribution in [0.2, 0.25) is 0 Å². The molecule has 0 aliphatic heterocycles. The van der Waals surface area contributed by atoms with Crippen LogP contribution >= 0.6 is 11.3 Å². The molecule has 0 bridgehead atoms. The van der Waals surface area contributed by atoms with Crippen LogP contribution in [0.25, 0.3) is 0 Å². The Hall–Kier alpha value is -1.70. The largest absolute Gasteiger partial charge is 0.445 e. The van der Waals surface area contributed by atoms with Gasteiger partial charge in [0, 0.05) is 12.4 Å². The van der Waals surface area contributed by atoms with Crippen molar-refractivity contribution in [3.8, 4) is 0 Å². The van der Waals surface area contributed by atoms with Crippen molar-refractivity contribution < 1.29 is 13.2 Å². The lowest BCUT2D eigenvalue weighted by atomic mass is 10.1. The van der Waals surface area contributed by atoms with Crippen molar-refractivity contribution in [3.63, 3.8) is 0 Å². The standard InChI is InChI=1S/C10H9F3N4S/c1-6(7-2-4-14-5-3-7)15-9-17-16-8(18-9)10(11,12)13/h2-6H,1H3,(H,15,17). The molecule has 2 aromatic rings. The molecule has 18 heavy (non-hydrogen) atoms. The van der Waals surface area contributed by atoms with Gasteiger partial charge in [-0.15, -0.1) is 10.2 Å². The van der Waals surface area contributed by atoms with Crippen LogP contribution in [0.5, 0.6) is 0 Å². The number of anilines is 1. The lowest BCUT2D eigenvalue weighted by Gasteiger charge is -2.11. The average Bonchev–Trinajstić information content (AvgIpc) is 2.78. The Labute approximate surface area is 105 Å². The summed E-state index contributed by atoms with van der Waals surface area (Å²) in [5, 5.41) is 8.63. The summed E-state index contributed by atoms with van der Waals surface area (Å²) in [6.45, 7) is 1.82. The molecule has 1 N–H and O–H groups in total. The molecule has 96 valence electrons. The second kappa shape index (κ2) is 4.89. The van der Waals surface area contributed by atoms with Gasteiger partial charge in [-0.1, -0.05) is 11.3 Å². The number of hydrogen-bond acceptors (Lipinski definition) is 5. The molecule has 0 aliphatic carbocycles. The number of halogens is 3. The summed E-state index contributed by atoms with van der Waals surface area (Å²) in [7, 11) is 0. The Balaban J connectivity index is 2.08. The van der Waals surface area contributed by atoms with E-state index in [2.05, 4.69) is 20.5 Å². The molecule has 0 saturated heterocycles.